The van der Waals surface area contributed by atoms with Crippen molar-refractivity contribution in [1.82, 2.24) is 20.1 Å². The van der Waals surface area contributed by atoms with Gasteiger partial charge >= 0.3 is 0 Å². The molecule has 22 heavy (non-hydrogen) atoms. The highest BCUT2D eigenvalue weighted by molar-refractivity contribution is 5.82. The molecule has 1 aromatic heterocycles. The molecule has 0 saturated carbocycles. The zero-order valence-electron chi connectivity index (χ0n) is 13.2. The topological polar surface area (TPSA) is 85.8 Å². The van der Waals surface area contributed by atoms with E-state index in [1.54, 1.807) is 11.0 Å². The van der Waals surface area contributed by atoms with E-state index in [0.29, 0.717) is 0 Å². The van der Waals surface area contributed by atoms with Crippen molar-refractivity contribution in [3.05, 3.63) is 42.5 Å². The highest BCUT2D eigenvalue weighted by Crippen LogP contribution is 2.16. The molecule has 0 aliphatic carbocycles. The summed E-state index contributed by atoms with van der Waals surface area (Å²) in [7, 11) is 0. The Kier molecular flexibility index (Phi) is 5.27. The van der Waals surface area contributed by atoms with E-state index in [1.807, 2.05) is 45.0 Å². The number of nitrogens with one attached hydrogen (secondary N) is 1. The predicted molar refractivity (Wildman–Crippen MR) is 85.3 cm³/mol. The summed E-state index contributed by atoms with van der Waals surface area (Å²) in [6, 6.07) is 7.27. The molecule has 1 aromatic carbocycles. The molecule has 2 rings (SSSR count). The number of nitrogens with two attached hydrogens (primary N) is 1. The maximum atomic E-state index is 12.1. The van der Waals surface area contributed by atoms with E-state index in [9.17, 15) is 4.79 Å². The van der Waals surface area contributed by atoms with Gasteiger partial charge in [-0.1, -0.05) is 32.4 Å². The van der Waals surface area contributed by atoms with E-state index in [1.165, 1.54) is 6.33 Å². The molecule has 0 aliphatic rings. The Bertz CT molecular complexity index is 594. The number of aromatic nitrogens is 3. The van der Waals surface area contributed by atoms with Crippen LogP contribution in [0.2, 0.25) is 0 Å². The van der Waals surface area contributed by atoms with Crippen molar-refractivity contribution in [2.24, 2.45) is 11.7 Å². The molecule has 0 bridgehead atoms. The van der Waals surface area contributed by atoms with Gasteiger partial charge in [0, 0.05) is 0 Å². The first-order valence-corrected chi connectivity index (χ1v) is 7.53. The van der Waals surface area contributed by atoms with Crippen LogP contribution in [-0.2, 0) is 4.79 Å². The summed E-state index contributed by atoms with van der Waals surface area (Å²) < 4.78 is 1.69. The lowest BCUT2D eigenvalue weighted by Gasteiger charge is -2.21. The number of hydrogen-bond acceptors (Lipinski definition) is 4. The Morgan fingerprint density at radius 3 is 2.55 bits per heavy atom. The van der Waals surface area contributed by atoms with E-state index >= 15 is 0 Å². The highest BCUT2D eigenvalue weighted by Gasteiger charge is 2.21. The van der Waals surface area contributed by atoms with E-state index in [0.717, 1.165) is 17.7 Å². The molecular weight excluding hydrogens is 278 g/mol. The molecule has 0 fully saturated rings. The van der Waals surface area contributed by atoms with Crippen molar-refractivity contribution in [2.45, 2.75) is 39.3 Å². The van der Waals surface area contributed by atoms with Gasteiger partial charge in [-0.2, -0.15) is 5.10 Å². The molecule has 3 atom stereocenters. The average Bonchev–Trinajstić information content (AvgIpc) is 3.07. The van der Waals surface area contributed by atoms with E-state index < -0.39 is 6.04 Å². The monoisotopic (exact) mass is 301 g/mol. The van der Waals surface area contributed by atoms with Gasteiger partial charge in [0.1, 0.15) is 12.7 Å². The van der Waals surface area contributed by atoms with E-state index in [-0.39, 0.29) is 17.9 Å². The van der Waals surface area contributed by atoms with Crippen molar-refractivity contribution in [1.29, 1.82) is 0 Å². The van der Waals surface area contributed by atoms with Gasteiger partial charge in [-0.05, 0) is 30.5 Å². The third kappa shape index (κ3) is 3.71. The van der Waals surface area contributed by atoms with Crippen LogP contribution in [0.1, 0.15) is 38.8 Å². The van der Waals surface area contributed by atoms with Crippen molar-refractivity contribution >= 4 is 5.91 Å². The van der Waals surface area contributed by atoms with Gasteiger partial charge in [0.15, 0.2) is 0 Å². The number of carbonyl (C=O) groups is 1. The number of rotatable bonds is 6. The minimum Gasteiger partial charge on any atom is -0.348 e. The van der Waals surface area contributed by atoms with Gasteiger partial charge in [-0.25, -0.2) is 9.67 Å². The average molecular weight is 301 g/mol. The van der Waals surface area contributed by atoms with E-state index in [2.05, 4.69) is 15.4 Å². The number of amides is 1. The van der Waals surface area contributed by atoms with Crippen molar-refractivity contribution in [3.63, 3.8) is 0 Å². The Morgan fingerprint density at radius 2 is 2.00 bits per heavy atom. The second kappa shape index (κ2) is 7.17. The maximum absolute atomic E-state index is 12.1. The fourth-order valence-corrected chi connectivity index (χ4v) is 2.16. The molecule has 0 aliphatic heterocycles. The largest absolute Gasteiger partial charge is 0.348 e. The second-order valence-corrected chi connectivity index (χ2v) is 5.57. The maximum Gasteiger partial charge on any atom is 0.237 e. The molecule has 6 heteroatoms. The van der Waals surface area contributed by atoms with Crippen LogP contribution < -0.4 is 11.1 Å². The lowest BCUT2D eigenvalue weighted by atomic mass is 9.98. The normalized spacial score (nSPS) is 15.1. The molecule has 0 spiro atoms. The lowest BCUT2D eigenvalue weighted by Crippen LogP contribution is -2.45. The lowest BCUT2D eigenvalue weighted by molar-refractivity contribution is -0.124. The third-order valence-corrected chi connectivity index (χ3v) is 3.99. The van der Waals surface area contributed by atoms with Crippen LogP contribution in [0.25, 0.3) is 5.69 Å². The molecule has 3 unspecified atom stereocenters. The summed E-state index contributed by atoms with van der Waals surface area (Å²) in [5.41, 5.74) is 7.90. The molecule has 6 nitrogen and oxygen atoms in total. The first-order chi connectivity index (χ1) is 10.5. The number of benzene rings is 1. The Morgan fingerprint density at radius 1 is 1.32 bits per heavy atom. The zero-order chi connectivity index (χ0) is 16.1. The van der Waals surface area contributed by atoms with Gasteiger partial charge in [0.2, 0.25) is 5.91 Å². The fourth-order valence-electron chi connectivity index (χ4n) is 2.16. The van der Waals surface area contributed by atoms with Crippen molar-refractivity contribution < 1.29 is 4.79 Å². The van der Waals surface area contributed by atoms with Gasteiger partial charge < -0.3 is 11.1 Å². The quantitative estimate of drug-likeness (QED) is 0.852. The van der Waals surface area contributed by atoms with Crippen LogP contribution in [-0.4, -0.2) is 26.7 Å². The molecule has 118 valence electrons. The van der Waals surface area contributed by atoms with Crippen LogP contribution in [0, 0.1) is 5.92 Å². The molecule has 1 heterocycles. The van der Waals surface area contributed by atoms with Crippen LogP contribution in [0.15, 0.2) is 36.9 Å². The van der Waals surface area contributed by atoms with Gasteiger partial charge in [-0.15, -0.1) is 0 Å². The Hall–Kier alpha value is -2.21. The summed E-state index contributed by atoms with van der Waals surface area (Å²) in [6.07, 6.45) is 4.02. The summed E-state index contributed by atoms with van der Waals surface area (Å²) in [5.74, 6) is 0.0593. The molecule has 0 saturated heterocycles. The van der Waals surface area contributed by atoms with Gasteiger partial charge in [0.25, 0.3) is 0 Å². The van der Waals surface area contributed by atoms with Crippen molar-refractivity contribution in [3.8, 4) is 5.69 Å². The second-order valence-electron chi connectivity index (χ2n) is 5.57. The summed E-state index contributed by atoms with van der Waals surface area (Å²) in [5, 5.41) is 7.05. The smallest absolute Gasteiger partial charge is 0.237 e. The molecule has 0 radical (unpaired) electrons. The summed E-state index contributed by atoms with van der Waals surface area (Å²) >= 11 is 0. The van der Waals surface area contributed by atoms with E-state index in [4.69, 9.17) is 5.73 Å². The van der Waals surface area contributed by atoms with Gasteiger partial charge in [0.05, 0.1) is 17.8 Å². The number of nitrogens with zero attached hydrogens (tertiary/aromatic N) is 3. The van der Waals surface area contributed by atoms with Crippen LogP contribution in [0.3, 0.4) is 0 Å². The summed E-state index contributed by atoms with van der Waals surface area (Å²) in [6.45, 7) is 5.97. The molecule has 1 amide bonds. The van der Waals surface area contributed by atoms with Crippen LogP contribution in [0.4, 0.5) is 0 Å². The summed E-state index contributed by atoms with van der Waals surface area (Å²) in [4.78, 5) is 16.0. The standard InChI is InChI=1S/C16H23N5O/c1-4-11(2)15(17)16(22)20-12(3)13-5-7-14(8-6-13)21-10-18-9-19-21/h5-12,15H,4,17H2,1-3H3,(H,20,22). The van der Waals surface area contributed by atoms with Crippen molar-refractivity contribution in [2.75, 3.05) is 0 Å². The number of carbonyl (C=O) groups excluding carboxylic acids is 1. The zero-order valence-corrected chi connectivity index (χ0v) is 13.2. The fraction of sp³-hybridized carbons (Fsp3) is 0.438. The first-order valence-electron chi connectivity index (χ1n) is 7.53. The first kappa shape index (κ1) is 16.2. The Labute approximate surface area is 130 Å². The third-order valence-electron chi connectivity index (χ3n) is 3.99. The molecular formula is C16H23N5O. The van der Waals surface area contributed by atoms with Crippen LogP contribution >= 0.6 is 0 Å². The Balaban J connectivity index is 2.01. The molecule has 2 aromatic rings. The highest BCUT2D eigenvalue weighted by atomic mass is 16.2. The number of hydrogen-bond donors (Lipinski definition) is 2. The van der Waals surface area contributed by atoms with Gasteiger partial charge in [-0.3, -0.25) is 4.79 Å². The molecule has 3 N–H and O–H groups in total. The minimum atomic E-state index is -0.470. The SMILES string of the molecule is CCC(C)C(N)C(=O)NC(C)c1ccc(-n2cncn2)cc1. The predicted octanol–water partition coefficient (Wildman–Crippen LogP) is 1.82. The minimum absolute atomic E-state index is 0.0904. The van der Waals surface area contributed by atoms with Crippen LogP contribution in [0.5, 0.6) is 0 Å².